The molecule has 0 unspecified atom stereocenters. The van der Waals surface area contributed by atoms with Gasteiger partial charge in [-0.3, -0.25) is 24.2 Å². The van der Waals surface area contributed by atoms with Gasteiger partial charge >= 0.3 is 6.03 Å². The number of anilines is 5. The van der Waals surface area contributed by atoms with E-state index in [9.17, 15) is 19.2 Å². The summed E-state index contributed by atoms with van der Waals surface area (Å²) in [6, 6.07) is 12.5. The molecule has 8 rings (SSSR count). The molecule has 0 atom stereocenters. The van der Waals surface area contributed by atoms with Crippen LogP contribution in [0.15, 0.2) is 60.9 Å². The Morgan fingerprint density at radius 1 is 0.882 bits per heavy atom. The number of piperazine rings is 1. The molecule has 4 aromatic rings. The second kappa shape index (κ2) is 22.1. The van der Waals surface area contributed by atoms with Crippen LogP contribution in [0.4, 0.5) is 32.9 Å². The number of urea groups is 1. The van der Waals surface area contributed by atoms with Gasteiger partial charge in [0, 0.05) is 89.1 Å². The van der Waals surface area contributed by atoms with Crippen molar-refractivity contribution in [3.05, 3.63) is 87.8 Å². The number of likely N-dealkylation sites (tertiary alicyclic amines) is 2. The van der Waals surface area contributed by atoms with E-state index in [0.717, 1.165) is 115 Å². The first-order valence-electron chi connectivity index (χ1n) is 24.0. The molecular weight excluding hydrogens is 902 g/mol. The van der Waals surface area contributed by atoms with Crippen molar-refractivity contribution in [1.82, 2.24) is 35.0 Å². The lowest BCUT2D eigenvalue weighted by atomic mass is 9.71. The van der Waals surface area contributed by atoms with Gasteiger partial charge in [0.2, 0.25) is 5.91 Å². The Bertz CT molecular complexity index is 2450. The lowest BCUT2D eigenvalue weighted by Gasteiger charge is -2.47. The fourth-order valence-corrected chi connectivity index (χ4v) is 10.8. The van der Waals surface area contributed by atoms with Crippen LogP contribution in [0, 0.1) is 19.3 Å². The van der Waals surface area contributed by atoms with E-state index in [4.69, 9.17) is 21.3 Å². The van der Waals surface area contributed by atoms with Crippen molar-refractivity contribution in [2.24, 2.45) is 5.41 Å². The highest BCUT2D eigenvalue weighted by molar-refractivity contribution is 7.17. The first-order chi connectivity index (χ1) is 32.9. The number of nitrogens with one attached hydrogen (secondary N) is 3. The number of piperidine rings is 2. The Morgan fingerprint density at radius 2 is 1.60 bits per heavy atom. The summed E-state index contributed by atoms with van der Waals surface area (Å²) in [4.78, 5) is 77.2. The summed E-state index contributed by atoms with van der Waals surface area (Å²) >= 11 is 7.56. The Balaban J connectivity index is 0.688. The summed E-state index contributed by atoms with van der Waals surface area (Å²) in [5, 5.41) is 10.0. The molecule has 4 fully saturated rings. The molecule has 18 heteroatoms. The quantitative estimate of drug-likeness (QED) is 0.0920. The number of aryl methyl sites for hydroxylation is 2. The summed E-state index contributed by atoms with van der Waals surface area (Å²) in [6.07, 6.45) is 12.1. The van der Waals surface area contributed by atoms with Gasteiger partial charge in [0.15, 0.2) is 5.13 Å². The monoisotopic (exact) mass is 965 g/mol. The topological polar surface area (TPSA) is 168 Å². The number of benzene rings is 2. The van der Waals surface area contributed by atoms with Crippen LogP contribution < -0.4 is 30.5 Å². The standard InChI is InChI=1S/C50H64ClN11O5S/c1-34-11-10-12-38(51)45(34)57-46(64)41-33-52-48(68-41)56-42-32-43(55-36(3)54-42)59-29-27-58(28-30-59)21-9-7-5-6-8-13-44(63)60-23-17-50(18-24-60)19-25-61(26-20-50)47(65)37-14-15-40(67-4)39(31-37)62-22-16-35(2)53-49(62)66/h10-12,14-15,31-33H,2,5-9,13,16-30H2,1,3-4H3,(H,53,66)(H,57,64)(H,52,54,55,56). The second-order valence-electron chi connectivity index (χ2n) is 18.5. The van der Waals surface area contributed by atoms with Crippen LogP contribution in [0.3, 0.4) is 0 Å². The third-order valence-corrected chi connectivity index (χ3v) is 15.2. The van der Waals surface area contributed by atoms with Gasteiger partial charge in [-0.25, -0.2) is 19.7 Å². The van der Waals surface area contributed by atoms with E-state index in [1.807, 2.05) is 36.9 Å². The largest absolute Gasteiger partial charge is 0.495 e. The van der Waals surface area contributed by atoms with Crippen molar-refractivity contribution >= 4 is 74.8 Å². The molecule has 16 nitrogen and oxygen atoms in total. The molecule has 68 heavy (non-hydrogen) atoms. The van der Waals surface area contributed by atoms with Crippen molar-refractivity contribution in [2.45, 2.75) is 84.5 Å². The molecule has 362 valence electrons. The zero-order valence-corrected chi connectivity index (χ0v) is 41.2. The zero-order chi connectivity index (χ0) is 47.8. The Hall–Kier alpha value is -5.78. The Morgan fingerprint density at radius 3 is 2.32 bits per heavy atom. The number of para-hydroxylation sites is 1. The number of methoxy groups -OCH3 is 1. The molecule has 0 saturated carbocycles. The number of halogens is 1. The van der Waals surface area contributed by atoms with Crippen LogP contribution in [0.25, 0.3) is 0 Å². The summed E-state index contributed by atoms with van der Waals surface area (Å²) < 4.78 is 5.54. The average Bonchev–Trinajstić information content (AvgIpc) is 3.81. The molecule has 6 heterocycles. The zero-order valence-electron chi connectivity index (χ0n) is 39.6. The lowest BCUT2D eigenvalue weighted by molar-refractivity contribution is -0.134. The second-order valence-corrected chi connectivity index (χ2v) is 20.0. The maximum absolute atomic E-state index is 13.7. The highest BCUT2D eigenvalue weighted by Gasteiger charge is 2.40. The van der Waals surface area contributed by atoms with E-state index >= 15 is 0 Å². The molecule has 4 aliphatic heterocycles. The van der Waals surface area contributed by atoms with Gasteiger partial charge in [0.05, 0.1) is 29.7 Å². The lowest BCUT2D eigenvalue weighted by Crippen LogP contribution is -2.49. The average molecular weight is 967 g/mol. The van der Waals surface area contributed by atoms with E-state index < -0.39 is 0 Å². The number of carbonyl (C=O) groups excluding carboxylic acids is 4. The maximum atomic E-state index is 13.7. The van der Waals surface area contributed by atoms with E-state index in [0.29, 0.717) is 87.5 Å². The number of thiazole rings is 1. The molecule has 1 spiro atoms. The van der Waals surface area contributed by atoms with Gasteiger partial charge in [0.1, 0.15) is 28.1 Å². The van der Waals surface area contributed by atoms with Crippen molar-refractivity contribution in [1.29, 1.82) is 0 Å². The maximum Gasteiger partial charge on any atom is 0.326 e. The van der Waals surface area contributed by atoms with Crippen molar-refractivity contribution in [3.8, 4) is 5.75 Å². The number of rotatable bonds is 16. The van der Waals surface area contributed by atoms with Crippen LogP contribution >= 0.6 is 22.9 Å². The first-order valence-corrected chi connectivity index (χ1v) is 25.2. The predicted molar refractivity (Wildman–Crippen MR) is 269 cm³/mol. The Kier molecular flexibility index (Phi) is 15.8. The minimum atomic E-state index is -0.273. The minimum Gasteiger partial charge on any atom is -0.495 e. The number of aromatic nitrogens is 3. The van der Waals surface area contributed by atoms with Crippen LogP contribution in [0.1, 0.15) is 102 Å². The van der Waals surface area contributed by atoms with E-state index in [1.165, 1.54) is 11.3 Å². The number of ether oxygens (including phenoxy) is 1. The van der Waals surface area contributed by atoms with E-state index in [1.54, 1.807) is 42.5 Å². The van der Waals surface area contributed by atoms with Crippen molar-refractivity contribution < 1.29 is 23.9 Å². The van der Waals surface area contributed by atoms with Gasteiger partial charge in [-0.05, 0) is 94.2 Å². The van der Waals surface area contributed by atoms with Crippen molar-refractivity contribution in [2.75, 3.05) is 93.0 Å². The molecular formula is C50H64ClN11O5S. The highest BCUT2D eigenvalue weighted by Crippen LogP contribution is 2.42. The molecule has 4 saturated heterocycles. The molecule has 2 aromatic heterocycles. The summed E-state index contributed by atoms with van der Waals surface area (Å²) in [5.41, 5.74) is 3.45. The SMILES string of the molecule is C=C1CCN(c2cc(C(=O)N3CCC4(CCN(C(=O)CCCCCCCN5CCN(c6cc(Nc7ncc(C(=O)Nc8c(C)cccc8Cl)s7)nc(C)n6)CC5)CC4)CC3)ccc2OC)C(=O)N1. The number of hydrogen-bond donors (Lipinski definition) is 3. The van der Waals surface area contributed by atoms with Gasteiger partial charge in [0.25, 0.3) is 11.8 Å². The van der Waals surface area contributed by atoms with Gasteiger partial charge < -0.3 is 35.4 Å². The van der Waals surface area contributed by atoms with Gasteiger partial charge in [-0.1, -0.05) is 60.9 Å². The number of carbonyl (C=O) groups is 4. The third-order valence-electron chi connectivity index (χ3n) is 14.0. The number of unbranched alkanes of at least 4 members (excludes halogenated alkanes) is 4. The van der Waals surface area contributed by atoms with Crippen molar-refractivity contribution in [3.63, 3.8) is 0 Å². The van der Waals surface area contributed by atoms with Gasteiger partial charge in [-0.2, -0.15) is 0 Å². The molecule has 4 aliphatic rings. The summed E-state index contributed by atoms with van der Waals surface area (Å²) in [5.74, 6) is 2.68. The fraction of sp³-hybridized carbons (Fsp3) is 0.500. The van der Waals surface area contributed by atoms with E-state index in [-0.39, 0.29) is 29.2 Å². The summed E-state index contributed by atoms with van der Waals surface area (Å²) in [7, 11) is 1.56. The van der Waals surface area contributed by atoms with Crippen LogP contribution in [-0.4, -0.2) is 126 Å². The first kappa shape index (κ1) is 48.7. The molecule has 3 N–H and O–H groups in total. The number of nitrogens with zero attached hydrogens (tertiary/aromatic N) is 8. The van der Waals surface area contributed by atoms with Crippen LogP contribution in [0.5, 0.6) is 5.75 Å². The molecule has 5 amide bonds. The minimum absolute atomic E-state index is 0.0323. The Labute approximate surface area is 408 Å². The van der Waals surface area contributed by atoms with E-state index in [2.05, 4.69) is 47.2 Å². The molecule has 2 aromatic carbocycles. The van der Waals surface area contributed by atoms with Crippen LogP contribution in [-0.2, 0) is 4.79 Å². The van der Waals surface area contributed by atoms with Crippen LogP contribution in [0.2, 0.25) is 5.02 Å². The summed E-state index contributed by atoms with van der Waals surface area (Å²) in [6.45, 7) is 15.8. The highest BCUT2D eigenvalue weighted by atomic mass is 35.5. The number of hydrogen-bond acceptors (Lipinski definition) is 12. The molecule has 0 radical (unpaired) electrons. The third kappa shape index (κ3) is 11.9. The molecule has 0 aliphatic carbocycles. The fourth-order valence-electron chi connectivity index (χ4n) is 9.78. The normalized spacial score (nSPS) is 17.6. The smallest absolute Gasteiger partial charge is 0.326 e. The van der Waals surface area contributed by atoms with Gasteiger partial charge in [-0.15, -0.1) is 0 Å². The predicted octanol–water partition coefficient (Wildman–Crippen LogP) is 8.65. The molecule has 0 bridgehead atoms. The number of amides is 5.